The zero-order valence-electron chi connectivity index (χ0n) is 12.3. The highest BCUT2D eigenvalue weighted by molar-refractivity contribution is 7.89. The van der Waals surface area contributed by atoms with E-state index in [1.807, 2.05) is 11.4 Å². The fraction of sp³-hybridized carbons (Fsp3) is 0.600. The van der Waals surface area contributed by atoms with Gasteiger partial charge in [0.15, 0.2) is 0 Å². The predicted octanol–water partition coefficient (Wildman–Crippen LogP) is 2.15. The summed E-state index contributed by atoms with van der Waals surface area (Å²) >= 11 is 1.53. The lowest BCUT2D eigenvalue weighted by Gasteiger charge is -2.26. The number of sulfonamides is 1. The molecule has 116 valence electrons. The standard InChI is InChI=1S/C15H22N2O2S2/c1-17(21(18,19)15-7-3-2-4-8-15)11-13-10-14(20-12-13)6-5-9-16/h10,12,15H,2-4,7-9,11,16H2,1H3. The number of rotatable bonds is 4. The second-order valence-corrected chi connectivity index (χ2v) is 8.62. The lowest BCUT2D eigenvalue weighted by Crippen LogP contribution is -2.36. The van der Waals surface area contributed by atoms with Crippen molar-refractivity contribution in [2.75, 3.05) is 13.6 Å². The molecular weight excluding hydrogens is 304 g/mol. The molecule has 4 nitrogen and oxygen atoms in total. The molecule has 1 heterocycles. The molecule has 1 aliphatic rings. The number of hydrogen-bond acceptors (Lipinski definition) is 4. The highest BCUT2D eigenvalue weighted by Crippen LogP contribution is 2.26. The van der Waals surface area contributed by atoms with Crippen molar-refractivity contribution in [3.8, 4) is 11.8 Å². The van der Waals surface area contributed by atoms with E-state index in [4.69, 9.17) is 5.73 Å². The molecule has 0 unspecified atom stereocenters. The first-order chi connectivity index (χ1) is 10.0. The monoisotopic (exact) mass is 326 g/mol. The van der Waals surface area contributed by atoms with Crippen molar-refractivity contribution in [1.82, 2.24) is 4.31 Å². The molecule has 1 saturated carbocycles. The summed E-state index contributed by atoms with van der Waals surface area (Å²) in [6, 6.07) is 1.94. The molecule has 0 radical (unpaired) electrons. The zero-order chi connectivity index (χ0) is 15.3. The molecule has 6 heteroatoms. The summed E-state index contributed by atoms with van der Waals surface area (Å²) in [5, 5.41) is 1.76. The summed E-state index contributed by atoms with van der Waals surface area (Å²) in [6.07, 6.45) is 4.79. The average molecular weight is 326 g/mol. The van der Waals surface area contributed by atoms with E-state index in [9.17, 15) is 8.42 Å². The molecule has 0 saturated heterocycles. The van der Waals surface area contributed by atoms with E-state index < -0.39 is 10.0 Å². The molecule has 0 amide bonds. The summed E-state index contributed by atoms with van der Waals surface area (Å²) in [7, 11) is -1.51. The maximum absolute atomic E-state index is 12.6. The summed E-state index contributed by atoms with van der Waals surface area (Å²) in [5.74, 6) is 5.79. The average Bonchev–Trinajstić information content (AvgIpc) is 2.93. The lowest BCUT2D eigenvalue weighted by atomic mass is 10.0. The Labute approximate surface area is 131 Å². The van der Waals surface area contributed by atoms with Gasteiger partial charge in [-0.05, 0) is 29.9 Å². The van der Waals surface area contributed by atoms with Crippen LogP contribution in [0, 0.1) is 11.8 Å². The van der Waals surface area contributed by atoms with E-state index in [1.165, 1.54) is 15.6 Å². The van der Waals surface area contributed by atoms with E-state index in [0.29, 0.717) is 13.1 Å². The molecule has 0 spiro atoms. The van der Waals surface area contributed by atoms with Gasteiger partial charge in [-0.25, -0.2) is 12.7 Å². The van der Waals surface area contributed by atoms with Crippen molar-refractivity contribution < 1.29 is 8.42 Å². The van der Waals surface area contributed by atoms with Crippen molar-refractivity contribution >= 4 is 21.4 Å². The van der Waals surface area contributed by atoms with Gasteiger partial charge < -0.3 is 5.73 Å². The number of nitrogens with two attached hydrogens (primary N) is 1. The van der Waals surface area contributed by atoms with Crippen LogP contribution >= 0.6 is 11.3 Å². The van der Waals surface area contributed by atoms with Crippen LogP contribution in [0.25, 0.3) is 0 Å². The molecule has 1 aromatic heterocycles. The van der Waals surface area contributed by atoms with Crippen LogP contribution in [0.3, 0.4) is 0 Å². The summed E-state index contributed by atoms with van der Waals surface area (Å²) in [4.78, 5) is 0.930. The SMILES string of the molecule is CN(Cc1csc(C#CCN)c1)S(=O)(=O)C1CCCCC1. The van der Waals surface area contributed by atoms with Crippen LogP contribution in [-0.2, 0) is 16.6 Å². The van der Waals surface area contributed by atoms with Crippen molar-refractivity contribution in [1.29, 1.82) is 0 Å². The molecule has 0 aliphatic heterocycles. The molecule has 0 atom stereocenters. The molecule has 0 aromatic carbocycles. The molecule has 1 aromatic rings. The molecule has 2 rings (SSSR count). The summed E-state index contributed by atoms with van der Waals surface area (Å²) in [5.41, 5.74) is 6.34. The van der Waals surface area contributed by atoms with Gasteiger partial charge in [0.05, 0.1) is 16.7 Å². The number of hydrogen-bond donors (Lipinski definition) is 1. The van der Waals surface area contributed by atoms with Crippen molar-refractivity contribution in [2.24, 2.45) is 5.73 Å². The van der Waals surface area contributed by atoms with Gasteiger partial charge in [0.25, 0.3) is 0 Å². The van der Waals surface area contributed by atoms with Gasteiger partial charge in [0, 0.05) is 13.6 Å². The van der Waals surface area contributed by atoms with E-state index >= 15 is 0 Å². The third kappa shape index (κ3) is 4.30. The van der Waals surface area contributed by atoms with Gasteiger partial charge in [-0.15, -0.1) is 11.3 Å². The summed E-state index contributed by atoms with van der Waals surface area (Å²) in [6.45, 7) is 0.753. The first-order valence-electron chi connectivity index (χ1n) is 7.25. The van der Waals surface area contributed by atoms with E-state index in [0.717, 1.165) is 42.5 Å². The van der Waals surface area contributed by atoms with Gasteiger partial charge in [0.1, 0.15) is 0 Å². The molecule has 2 N–H and O–H groups in total. The van der Waals surface area contributed by atoms with Crippen LogP contribution in [0.4, 0.5) is 0 Å². The van der Waals surface area contributed by atoms with E-state index in [1.54, 1.807) is 7.05 Å². The number of nitrogens with zero attached hydrogens (tertiary/aromatic N) is 1. The first-order valence-corrected chi connectivity index (χ1v) is 9.64. The molecular formula is C15H22N2O2S2. The van der Waals surface area contributed by atoms with Crippen LogP contribution in [-0.4, -0.2) is 31.6 Å². The topological polar surface area (TPSA) is 63.4 Å². The lowest BCUT2D eigenvalue weighted by molar-refractivity contribution is 0.423. The predicted molar refractivity (Wildman–Crippen MR) is 87.5 cm³/mol. The van der Waals surface area contributed by atoms with Crippen LogP contribution in [0.15, 0.2) is 11.4 Å². The Hall–Kier alpha value is -0.870. The van der Waals surface area contributed by atoms with Crippen LogP contribution in [0.2, 0.25) is 0 Å². The Bertz CT molecular complexity index is 620. The Kier molecular flexibility index (Phi) is 5.82. The fourth-order valence-electron chi connectivity index (χ4n) is 2.63. The van der Waals surface area contributed by atoms with Crippen molar-refractivity contribution in [3.05, 3.63) is 21.9 Å². The maximum atomic E-state index is 12.6. The Morgan fingerprint density at radius 2 is 2.10 bits per heavy atom. The van der Waals surface area contributed by atoms with Gasteiger partial charge in [0.2, 0.25) is 10.0 Å². The minimum Gasteiger partial charge on any atom is -0.320 e. The zero-order valence-corrected chi connectivity index (χ0v) is 14.0. The number of thiophene rings is 1. The second kappa shape index (κ2) is 7.41. The van der Waals surface area contributed by atoms with Crippen LogP contribution < -0.4 is 5.73 Å². The molecule has 1 aliphatic carbocycles. The third-order valence-electron chi connectivity index (χ3n) is 3.78. The Morgan fingerprint density at radius 1 is 1.38 bits per heavy atom. The highest BCUT2D eigenvalue weighted by Gasteiger charge is 2.30. The summed E-state index contributed by atoms with van der Waals surface area (Å²) < 4.78 is 26.6. The third-order valence-corrected chi connectivity index (χ3v) is 6.99. The smallest absolute Gasteiger partial charge is 0.217 e. The minimum atomic E-state index is -3.19. The van der Waals surface area contributed by atoms with Crippen molar-refractivity contribution in [3.63, 3.8) is 0 Å². The molecule has 0 bridgehead atoms. The van der Waals surface area contributed by atoms with Gasteiger partial charge >= 0.3 is 0 Å². The van der Waals surface area contributed by atoms with E-state index in [2.05, 4.69) is 11.8 Å². The Morgan fingerprint density at radius 3 is 2.76 bits per heavy atom. The highest BCUT2D eigenvalue weighted by atomic mass is 32.2. The van der Waals surface area contributed by atoms with E-state index in [-0.39, 0.29) is 5.25 Å². The normalized spacial score (nSPS) is 16.7. The largest absolute Gasteiger partial charge is 0.320 e. The Balaban J connectivity index is 2.02. The first kappa shape index (κ1) is 16.5. The van der Waals surface area contributed by atoms with Crippen LogP contribution in [0.1, 0.15) is 42.5 Å². The van der Waals surface area contributed by atoms with Gasteiger partial charge in [-0.1, -0.05) is 31.1 Å². The van der Waals surface area contributed by atoms with Crippen molar-refractivity contribution in [2.45, 2.75) is 43.9 Å². The maximum Gasteiger partial charge on any atom is 0.217 e. The second-order valence-electron chi connectivity index (χ2n) is 5.39. The minimum absolute atomic E-state index is 0.202. The van der Waals surface area contributed by atoms with Gasteiger partial charge in [-0.2, -0.15) is 0 Å². The quantitative estimate of drug-likeness (QED) is 0.862. The van der Waals surface area contributed by atoms with Gasteiger partial charge in [-0.3, -0.25) is 0 Å². The molecule has 21 heavy (non-hydrogen) atoms. The molecule has 1 fully saturated rings. The fourth-order valence-corrected chi connectivity index (χ4v) is 5.17. The van der Waals surface area contributed by atoms with Crippen LogP contribution in [0.5, 0.6) is 0 Å².